The number of fused-ring (bicyclic) bond motifs is 3. The van der Waals surface area contributed by atoms with Crippen molar-refractivity contribution in [1.82, 2.24) is 4.98 Å². The molecule has 4 aromatic carbocycles. The van der Waals surface area contributed by atoms with Crippen molar-refractivity contribution in [1.29, 1.82) is 0 Å². The van der Waals surface area contributed by atoms with Crippen LogP contribution in [0.2, 0.25) is 0 Å². The van der Waals surface area contributed by atoms with Crippen molar-refractivity contribution in [2.24, 2.45) is 0 Å². The van der Waals surface area contributed by atoms with E-state index in [0.29, 0.717) is 17.4 Å². The van der Waals surface area contributed by atoms with Crippen LogP contribution in [-0.4, -0.2) is 17.6 Å². The molecule has 5 nitrogen and oxygen atoms in total. The van der Waals surface area contributed by atoms with Crippen LogP contribution >= 0.6 is 11.3 Å². The molecule has 34 heavy (non-hydrogen) atoms. The smallest absolute Gasteiger partial charge is 0.257 e. The number of amides is 1. The number of aromatic nitrogens is 1. The molecule has 6 rings (SSSR count). The quantitative estimate of drug-likeness (QED) is 0.327. The second-order valence-electron chi connectivity index (χ2n) is 8.14. The first-order chi connectivity index (χ1) is 16.7. The maximum absolute atomic E-state index is 12.8. The van der Waals surface area contributed by atoms with Crippen LogP contribution in [0.5, 0.6) is 5.75 Å². The number of rotatable bonds is 4. The molecule has 1 aliphatic heterocycles. The van der Waals surface area contributed by atoms with Crippen LogP contribution in [0.1, 0.15) is 15.9 Å². The molecule has 0 radical (unpaired) electrons. The monoisotopic (exact) mass is 463 g/mol. The summed E-state index contributed by atoms with van der Waals surface area (Å²) in [7, 11) is 0. The first-order valence-corrected chi connectivity index (χ1v) is 11.9. The minimum absolute atomic E-state index is 0.174. The minimum Gasteiger partial charge on any atom is -0.473 e. The van der Waals surface area contributed by atoms with Crippen molar-refractivity contribution in [3.63, 3.8) is 0 Å². The average molecular weight is 464 g/mol. The van der Waals surface area contributed by atoms with Crippen LogP contribution in [0.25, 0.3) is 22.0 Å². The Kier molecular flexibility index (Phi) is 5.20. The zero-order valence-corrected chi connectivity index (χ0v) is 19.1. The predicted octanol–water partition coefficient (Wildman–Crippen LogP) is 6.57. The molecule has 0 saturated carbocycles. The predicted molar refractivity (Wildman–Crippen MR) is 138 cm³/mol. The van der Waals surface area contributed by atoms with E-state index in [4.69, 9.17) is 4.74 Å². The molecule has 0 bridgehead atoms. The molecule has 1 amide bonds. The molecule has 1 aliphatic rings. The molecule has 0 spiro atoms. The van der Waals surface area contributed by atoms with E-state index in [1.54, 1.807) is 0 Å². The lowest BCUT2D eigenvalue weighted by atomic mass is 10.0. The van der Waals surface area contributed by atoms with Gasteiger partial charge in [0.1, 0.15) is 5.75 Å². The Balaban J connectivity index is 1.17. The summed E-state index contributed by atoms with van der Waals surface area (Å²) in [6.45, 7) is 1.22. The zero-order chi connectivity index (χ0) is 22.9. The topological polar surface area (TPSA) is 54.5 Å². The Hall–Kier alpha value is -4.16. The normalized spacial score (nSPS) is 12.8. The third-order valence-electron chi connectivity index (χ3n) is 6.01. The van der Waals surface area contributed by atoms with Gasteiger partial charge in [-0.25, -0.2) is 4.98 Å². The number of hydrogen-bond donors (Lipinski definition) is 1. The highest BCUT2D eigenvalue weighted by atomic mass is 32.1. The van der Waals surface area contributed by atoms with E-state index in [0.717, 1.165) is 29.2 Å². The van der Waals surface area contributed by atoms with Crippen molar-refractivity contribution in [2.75, 3.05) is 16.9 Å². The minimum atomic E-state index is -0.174. The number of carbonyl (C=O) groups is 1. The maximum Gasteiger partial charge on any atom is 0.257 e. The Morgan fingerprint density at radius 1 is 0.912 bits per heavy atom. The second-order valence-corrected chi connectivity index (χ2v) is 9.00. The Bertz CT molecular complexity index is 1480. The van der Waals surface area contributed by atoms with Gasteiger partial charge in [0.25, 0.3) is 5.91 Å². The van der Waals surface area contributed by atoms with Gasteiger partial charge in [-0.05, 0) is 41.1 Å². The molecular weight excluding hydrogens is 442 g/mol. The van der Waals surface area contributed by atoms with Gasteiger partial charge in [-0.15, -0.1) is 11.3 Å². The van der Waals surface area contributed by atoms with Crippen LogP contribution in [0, 0.1) is 0 Å². The van der Waals surface area contributed by atoms with Crippen molar-refractivity contribution in [3.05, 3.63) is 108 Å². The van der Waals surface area contributed by atoms with Gasteiger partial charge in [-0.3, -0.25) is 10.1 Å². The molecule has 6 heteroatoms. The summed E-state index contributed by atoms with van der Waals surface area (Å²) < 4.78 is 6.03. The number of thiazole rings is 1. The lowest BCUT2D eigenvalue weighted by Crippen LogP contribution is -2.32. The fourth-order valence-corrected chi connectivity index (χ4v) is 4.94. The van der Waals surface area contributed by atoms with E-state index in [9.17, 15) is 4.79 Å². The van der Waals surface area contributed by atoms with Gasteiger partial charge in [0.2, 0.25) is 0 Å². The molecule has 0 fully saturated rings. The highest BCUT2D eigenvalue weighted by Crippen LogP contribution is 2.34. The zero-order valence-electron chi connectivity index (χ0n) is 18.3. The highest BCUT2D eigenvalue weighted by Gasteiger charge is 2.20. The number of ether oxygens (including phenoxy) is 1. The van der Waals surface area contributed by atoms with E-state index in [-0.39, 0.29) is 5.91 Å². The van der Waals surface area contributed by atoms with E-state index >= 15 is 0 Å². The number of nitrogens with one attached hydrogen (secondary N) is 1. The SMILES string of the molecule is O=C(Nc1nc(-c2ccccc2)cs1)c1ccc(N2COc3ccc4ccccc4c3C2)cc1. The lowest BCUT2D eigenvalue weighted by molar-refractivity contribution is 0.102. The summed E-state index contributed by atoms with van der Waals surface area (Å²) in [5.74, 6) is 0.760. The molecule has 2 heterocycles. The summed E-state index contributed by atoms with van der Waals surface area (Å²) in [5, 5.41) is 7.86. The van der Waals surface area contributed by atoms with Gasteiger partial charge in [-0.1, -0.05) is 60.7 Å². The summed E-state index contributed by atoms with van der Waals surface area (Å²) in [6, 6.07) is 30.0. The fraction of sp³-hybridized carbons (Fsp3) is 0.0714. The number of carbonyl (C=O) groups excluding carboxylic acids is 1. The summed E-state index contributed by atoms with van der Waals surface area (Å²) >= 11 is 1.42. The Morgan fingerprint density at radius 3 is 2.56 bits per heavy atom. The molecule has 1 aromatic heterocycles. The van der Waals surface area contributed by atoms with Gasteiger partial charge in [-0.2, -0.15) is 0 Å². The summed E-state index contributed by atoms with van der Waals surface area (Å²) in [6.07, 6.45) is 0. The van der Waals surface area contributed by atoms with Gasteiger partial charge in [0.15, 0.2) is 11.9 Å². The maximum atomic E-state index is 12.8. The molecule has 0 saturated heterocycles. The number of benzene rings is 4. The van der Waals surface area contributed by atoms with Gasteiger partial charge < -0.3 is 9.64 Å². The van der Waals surface area contributed by atoms with Gasteiger partial charge in [0.05, 0.1) is 12.2 Å². The van der Waals surface area contributed by atoms with Crippen LogP contribution in [0.3, 0.4) is 0 Å². The van der Waals surface area contributed by atoms with Crippen LogP contribution in [0.15, 0.2) is 96.4 Å². The van der Waals surface area contributed by atoms with Gasteiger partial charge in [0, 0.05) is 27.8 Å². The average Bonchev–Trinajstić information content (AvgIpc) is 3.37. The summed E-state index contributed by atoms with van der Waals surface area (Å²) in [5.41, 5.74) is 4.67. The van der Waals surface area contributed by atoms with Crippen LogP contribution in [-0.2, 0) is 6.54 Å². The van der Waals surface area contributed by atoms with E-state index in [1.165, 1.54) is 27.7 Å². The van der Waals surface area contributed by atoms with Crippen molar-refractivity contribution in [2.45, 2.75) is 6.54 Å². The number of anilines is 2. The van der Waals surface area contributed by atoms with E-state index in [2.05, 4.69) is 39.5 Å². The molecule has 0 atom stereocenters. The Morgan fingerprint density at radius 2 is 1.71 bits per heavy atom. The number of nitrogens with zero attached hydrogens (tertiary/aromatic N) is 2. The molecule has 1 N–H and O–H groups in total. The third kappa shape index (κ3) is 3.89. The van der Waals surface area contributed by atoms with E-state index in [1.807, 2.05) is 72.1 Å². The van der Waals surface area contributed by atoms with Crippen molar-refractivity contribution >= 4 is 38.8 Å². The first kappa shape index (κ1) is 20.4. The van der Waals surface area contributed by atoms with Crippen molar-refractivity contribution < 1.29 is 9.53 Å². The highest BCUT2D eigenvalue weighted by molar-refractivity contribution is 7.14. The molecule has 5 aromatic rings. The molecule has 0 unspecified atom stereocenters. The standard InChI is InChI=1S/C28H21N3O2S/c32-27(30-28-29-25(17-34-28)20-7-2-1-3-8-20)21-10-13-22(14-11-21)31-16-24-23-9-5-4-6-19(23)12-15-26(24)33-18-31/h1-15,17H,16,18H2,(H,29,30,32). The molecular formula is C28H21N3O2S. The largest absolute Gasteiger partial charge is 0.473 e. The van der Waals surface area contributed by atoms with Crippen molar-refractivity contribution in [3.8, 4) is 17.0 Å². The lowest BCUT2D eigenvalue weighted by Gasteiger charge is -2.31. The van der Waals surface area contributed by atoms with Crippen LogP contribution < -0.4 is 15.0 Å². The van der Waals surface area contributed by atoms with E-state index < -0.39 is 0 Å². The third-order valence-corrected chi connectivity index (χ3v) is 6.77. The number of hydrogen-bond acceptors (Lipinski definition) is 5. The summed E-state index contributed by atoms with van der Waals surface area (Å²) in [4.78, 5) is 19.5. The molecule has 166 valence electrons. The molecule has 0 aliphatic carbocycles. The second kappa shape index (κ2) is 8.65. The van der Waals surface area contributed by atoms with Gasteiger partial charge >= 0.3 is 0 Å². The van der Waals surface area contributed by atoms with Crippen LogP contribution in [0.4, 0.5) is 10.8 Å². The first-order valence-electron chi connectivity index (χ1n) is 11.1. The fourth-order valence-electron chi connectivity index (χ4n) is 4.23. The Labute approximate surface area is 201 Å².